The van der Waals surface area contributed by atoms with Crippen LogP contribution >= 0.6 is 11.8 Å². The van der Waals surface area contributed by atoms with E-state index in [0.717, 1.165) is 0 Å². The van der Waals surface area contributed by atoms with Gasteiger partial charge >= 0.3 is 0 Å². The molecule has 126 valence electrons. The van der Waals surface area contributed by atoms with Gasteiger partial charge in [0.15, 0.2) is 22.6 Å². The molecule has 1 amide bonds. The highest BCUT2D eigenvalue weighted by Crippen LogP contribution is 2.27. The highest BCUT2D eigenvalue weighted by Gasteiger charge is 2.21. The molecule has 0 saturated heterocycles. The molecule has 3 aromatic rings. The van der Waals surface area contributed by atoms with Gasteiger partial charge in [0.05, 0.1) is 11.5 Å². The van der Waals surface area contributed by atoms with Crippen LogP contribution < -0.4 is 5.32 Å². The average molecular weight is 347 g/mol. The zero-order valence-corrected chi connectivity index (χ0v) is 14.3. The Bertz CT molecular complexity index is 824. The van der Waals surface area contributed by atoms with Gasteiger partial charge in [-0.25, -0.2) is 0 Å². The number of thioether (sulfide) groups is 1. The van der Waals surface area contributed by atoms with Crippen molar-refractivity contribution in [2.45, 2.75) is 37.7 Å². The van der Waals surface area contributed by atoms with Crippen LogP contribution in [0.2, 0.25) is 0 Å². The average Bonchev–Trinajstić information content (AvgIpc) is 3.27. The second-order valence-corrected chi connectivity index (χ2v) is 6.41. The number of amides is 1. The van der Waals surface area contributed by atoms with E-state index in [2.05, 4.69) is 20.7 Å². The summed E-state index contributed by atoms with van der Waals surface area (Å²) in [6.45, 7) is 6.22. The lowest BCUT2D eigenvalue weighted by Crippen LogP contribution is -2.23. The van der Waals surface area contributed by atoms with Crippen molar-refractivity contribution in [1.29, 1.82) is 0 Å². The number of nitrogens with one attached hydrogen (secondary N) is 1. The molecular weight excluding hydrogens is 330 g/mol. The molecule has 3 heterocycles. The van der Waals surface area contributed by atoms with Gasteiger partial charge in [-0.05, 0) is 32.9 Å². The maximum atomic E-state index is 12.3. The second-order valence-electron chi connectivity index (χ2n) is 5.10. The zero-order chi connectivity index (χ0) is 17.1. The number of carbonyl (C=O) groups is 1. The lowest BCUT2D eigenvalue weighted by Gasteiger charge is -2.11. The van der Waals surface area contributed by atoms with Gasteiger partial charge in [-0.1, -0.05) is 16.9 Å². The Morgan fingerprint density at radius 3 is 2.92 bits per heavy atom. The van der Waals surface area contributed by atoms with Crippen molar-refractivity contribution in [3.05, 3.63) is 30.2 Å². The number of anilines is 1. The Kier molecular flexibility index (Phi) is 4.70. The molecule has 0 aliphatic heterocycles. The summed E-state index contributed by atoms with van der Waals surface area (Å²) in [4.78, 5) is 12.3. The van der Waals surface area contributed by atoms with E-state index in [0.29, 0.717) is 34.9 Å². The molecule has 3 rings (SSSR count). The summed E-state index contributed by atoms with van der Waals surface area (Å²) in [7, 11) is 0. The molecular formula is C15H17N5O3S. The zero-order valence-electron chi connectivity index (χ0n) is 13.5. The Balaban J connectivity index is 1.72. The first-order chi connectivity index (χ1) is 11.6. The number of hydrogen-bond donors (Lipinski definition) is 1. The third-order valence-corrected chi connectivity index (χ3v) is 4.39. The summed E-state index contributed by atoms with van der Waals surface area (Å²) in [6.07, 6.45) is 1.59. The highest BCUT2D eigenvalue weighted by molar-refractivity contribution is 8.00. The molecule has 0 aliphatic carbocycles. The Labute approximate surface area is 142 Å². The van der Waals surface area contributed by atoms with E-state index in [9.17, 15) is 4.79 Å². The summed E-state index contributed by atoms with van der Waals surface area (Å²) >= 11 is 1.32. The normalized spacial score (nSPS) is 12.3. The fraction of sp³-hybridized carbons (Fsp3) is 0.333. The molecule has 3 aromatic heterocycles. The van der Waals surface area contributed by atoms with E-state index in [1.54, 1.807) is 32.2 Å². The van der Waals surface area contributed by atoms with E-state index in [-0.39, 0.29) is 11.2 Å². The third-order valence-electron chi connectivity index (χ3n) is 3.31. The van der Waals surface area contributed by atoms with Gasteiger partial charge in [0, 0.05) is 12.6 Å². The molecule has 1 N–H and O–H groups in total. The third kappa shape index (κ3) is 3.35. The first-order valence-electron chi connectivity index (χ1n) is 7.46. The SMILES string of the molecule is CCn1c(SC(C)C(=O)Nc2cc(C)on2)nnc1-c1ccco1. The fourth-order valence-electron chi connectivity index (χ4n) is 2.11. The Morgan fingerprint density at radius 2 is 2.29 bits per heavy atom. The quantitative estimate of drug-likeness (QED) is 0.684. The van der Waals surface area contributed by atoms with Gasteiger partial charge in [-0.2, -0.15) is 0 Å². The van der Waals surface area contributed by atoms with Crippen LogP contribution in [-0.4, -0.2) is 31.1 Å². The largest absolute Gasteiger partial charge is 0.461 e. The van der Waals surface area contributed by atoms with E-state index >= 15 is 0 Å². The molecule has 1 unspecified atom stereocenters. The van der Waals surface area contributed by atoms with Crippen molar-refractivity contribution in [2.75, 3.05) is 5.32 Å². The second kappa shape index (κ2) is 6.91. The van der Waals surface area contributed by atoms with E-state index < -0.39 is 0 Å². The standard InChI is InChI=1S/C15H17N5O3S/c1-4-20-13(11-6-5-7-22-11)17-18-15(20)24-10(3)14(21)16-12-8-9(2)23-19-12/h5-8,10H,4H2,1-3H3,(H,16,19,21). The van der Waals surface area contributed by atoms with Gasteiger partial charge in [0.25, 0.3) is 0 Å². The number of furan rings is 1. The minimum absolute atomic E-state index is 0.182. The molecule has 9 heteroatoms. The van der Waals surface area contributed by atoms with Crippen LogP contribution in [0.3, 0.4) is 0 Å². The maximum Gasteiger partial charge on any atom is 0.238 e. The van der Waals surface area contributed by atoms with Crippen molar-refractivity contribution in [3.8, 4) is 11.6 Å². The van der Waals surface area contributed by atoms with Crippen molar-refractivity contribution >= 4 is 23.5 Å². The summed E-state index contributed by atoms with van der Waals surface area (Å²) in [6, 6.07) is 5.29. The Hall–Kier alpha value is -2.55. The van der Waals surface area contributed by atoms with Crippen LogP contribution in [0.5, 0.6) is 0 Å². The van der Waals surface area contributed by atoms with Gasteiger partial charge in [0.2, 0.25) is 5.91 Å². The first-order valence-corrected chi connectivity index (χ1v) is 8.34. The number of rotatable bonds is 6. The summed E-state index contributed by atoms with van der Waals surface area (Å²) in [5.41, 5.74) is 0. The van der Waals surface area contributed by atoms with Gasteiger partial charge in [0.1, 0.15) is 5.76 Å². The summed E-state index contributed by atoms with van der Waals surface area (Å²) in [5, 5.41) is 15.1. The lowest BCUT2D eigenvalue weighted by atomic mass is 10.4. The minimum atomic E-state index is -0.374. The van der Waals surface area contributed by atoms with E-state index in [1.165, 1.54) is 11.8 Å². The van der Waals surface area contributed by atoms with E-state index in [4.69, 9.17) is 8.94 Å². The van der Waals surface area contributed by atoms with Gasteiger partial charge in [-0.15, -0.1) is 10.2 Å². The molecule has 1 atom stereocenters. The van der Waals surface area contributed by atoms with Crippen molar-refractivity contribution in [1.82, 2.24) is 19.9 Å². The predicted octanol–water partition coefficient (Wildman–Crippen LogP) is 2.97. The monoisotopic (exact) mass is 347 g/mol. The Morgan fingerprint density at radius 1 is 1.46 bits per heavy atom. The molecule has 24 heavy (non-hydrogen) atoms. The number of hydrogen-bond acceptors (Lipinski definition) is 7. The number of nitrogens with zero attached hydrogens (tertiary/aromatic N) is 4. The topological polar surface area (TPSA) is 99.0 Å². The maximum absolute atomic E-state index is 12.3. The molecule has 0 saturated carbocycles. The van der Waals surface area contributed by atoms with Crippen LogP contribution in [-0.2, 0) is 11.3 Å². The van der Waals surface area contributed by atoms with Gasteiger partial charge in [-0.3, -0.25) is 9.36 Å². The van der Waals surface area contributed by atoms with E-state index in [1.807, 2.05) is 17.6 Å². The predicted molar refractivity (Wildman–Crippen MR) is 88.6 cm³/mol. The number of carbonyl (C=O) groups excluding carboxylic acids is 1. The summed E-state index contributed by atoms with van der Waals surface area (Å²) in [5.74, 6) is 2.15. The highest BCUT2D eigenvalue weighted by atomic mass is 32.2. The first kappa shape index (κ1) is 16.3. The number of aromatic nitrogens is 4. The van der Waals surface area contributed by atoms with Crippen LogP contribution in [0.15, 0.2) is 38.6 Å². The molecule has 0 fully saturated rings. The van der Waals surface area contributed by atoms with Crippen molar-refractivity contribution in [2.24, 2.45) is 0 Å². The molecule has 0 aliphatic rings. The van der Waals surface area contributed by atoms with Crippen molar-refractivity contribution < 1.29 is 13.7 Å². The molecule has 0 radical (unpaired) electrons. The van der Waals surface area contributed by atoms with Gasteiger partial charge < -0.3 is 14.3 Å². The van der Waals surface area contributed by atoms with Crippen LogP contribution in [0.4, 0.5) is 5.82 Å². The molecule has 0 spiro atoms. The van der Waals surface area contributed by atoms with Crippen LogP contribution in [0, 0.1) is 6.92 Å². The fourth-order valence-corrected chi connectivity index (χ4v) is 3.03. The molecule has 0 bridgehead atoms. The van der Waals surface area contributed by atoms with Crippen LogP contribution in [0.1, 0.15) is 19.6 Å². The molecule has 8 nitrogen and oxygen atoms in total. The smallest absolute Gasteiger partial charge is 0.238 e. The van der Waals surface area contributed by atoms with Crippen LogP contribution in [0.25, 0.3) is 11.6 Å². The molecule has 0 aromatic carbocycles. The minimum Gasteiger partial charge on any atom is -0.461 e. The lowest BCUT2D eigenvalue weighted by molar-refractivity contribution is -0.115. The summed E-state index contributed by atoms with van der Waals surface area (Å²) < 4.78 is 12.2. The number of aryl methyl sites for hydroxylation is 1. The van der Waals surface area contributed by atoms with Crippen molar-refractivity contribution in [3.63, 3.8) is 0 Å².